The summed E-state index contributed by atoms with van der Waals surface area (Å²) in [6.07, 6.45) is 5.30. The molecule has 0 saturated heterocycles. The van der Waals surface area contributed by atoms with Crippen LogP contribution in [0.4, 0.5) is 0 Å². The Morgan fingerprint density at radius 1 is 1.20 bits per heavy atom. The van der Waals surface area contributed by atoms with Crippen LogP contribution in [0.15, 0.2) is 4.52 Å². The van der Waals surface area contributed by atoms with Crippen molar-refractivity contribution < 1.29 is 9.32 Å². The number of hydrogen-bond acceptors (Lipinski definition) is 4. The summed E-state index contributed by atoms with van der Waals surface area (Å²) < 4.78 is 5.40. The van der Waals surface area contributed by atoms with E-state index in [1.807, 2.05) is 25.9 Å². The van der Waals surface area contributed by atoms with Gasteiger partial charge >= 0.3 is 0 Å². The summed E-state index contributed by atoms with van der Waals surface area (Å²) in [4.78, 5) is 16.6. The zero-order valence-corrected chi connectivity index (χ0v) is 12.8. The van der Waals surface area contributed by atoms with E-state index in [1.165, 1.54) is 6.42 Å². The Hall–Kier alpha value is -1.36. The maximum absolute atomic E-state index is 12.6. The lowest BCUT2D eigenvalue weighted by molar-refractivity contribution is 0.0742. The molecule has 1 aliphatic carbocycles. The van der Waals surface area contributed by atoms with Crippen molar-refractivity contribution in [3.8, 4) is 0 Å². The van der Waals surface area contributed by atoms with Crippen LogP contribution in [0.25, 0.3) is 0 Å². The van der Waals surface area contributed by atoms with Gasteiger partial charge in [-0.2, -0.15) is 0 Å². The van der Waals surface area contributed by atoms with E-state index in [1.54, 1.807) is 0 Å². The van der Waals surface area contributed by atoms with Crippen molar-refractivity contribution in [3.05, 3.63) is 17.0 Å². The first-order chi connectivity index (χ1) is 9.63. The zero-order valence-electron chi connectivity index (χ0n) is 12.8. The molecule has 1 aliphatic rings. The second kappa shape index (κ2) is 6.88. The predicted octanol–water partition coefficient (Wildman–Crippen LogP) is 1.97. The highest BCUT2D eigenvalue weighted by Gasteiger charge is 2.25. The van der Waals surface area contributed by atoms with E-state index in [9.17, 15) is 4.79 Å². The molecule has 0 aromatic carbocycles. The summed E-state index contributed by atoms with van der Waals surface area (Å²) in [5.74, 6) is 0.941. The number of nitrogens with zero attached hydrogens (tertiary/aromatic N) is 3. The van der Waals surface area contributed by atoms with Crippen LogP contribution in [0.5, 0.6) is 0 Å². The molecule has 0 unspecified atom stereocenters. The third-order valence-corrected chi connectivity index (χ3v) is 3.89. The van der Waals surface area contributed by atoms with Gasteiger partial charge in [-0.1, -0.05) is 11.6 Å². The molecule has 2 rings (SSSR count). The smallest absolute Gasteiger partial charge is 0.276 e. The maximum Gasteiger partial charge on any atom is 0.276 e. The van der Waals surface area contributed by atoms with E-state index in [4.69, 9.17) is 4.52 Å². The molecule has 5 nitrogen and oxygen atoms in total. The minimum Gasteiger partial charge on any atom is -0.360 e. The number of carbonyl (C=O) groups excluding carboxylic acids is 1. The standard InChI is InChI=1S/C15H25N3O2/c1-4-18(11-10-17(2)3)15(19)14-12-8-6-5-7-9-13(12)20-16-14/h4-11H2,1-3H3. The fourth-order valence-corrected chi connectivity index (χ4v) is 2.60. The molecule has 0 atom stereocenters. The Kier molecular flexibility index (Phi) is 5.17. The number of aromatic nitrogens is 1. The van der Waals surface area contributed by atoms with Crippen LogP contribution < -0.4 is 0 Å². The highest BCUT2D eigenvalue weighted by atomic mass is 16.5. The molecule has 112 valence electrons. The van der Waals surface area contributed by atoms with Crippen molar-refractivity contribution in [2.24, 2.45) is 0 Å². The Bertz CT molecular complexity index is 454. The van der Waals surface area contributed by atoms with E-state index in [-0.39, 0.29) is 5.91 Å². The average molecular weight is 279 g/mol. The fraction of sp³-hybridized carbons (Fsp3) is 0.733. The Morgan fingerprint density at radius 3 is 2.65 bits per heavy atom. The molecule has 0 N–H and O–H groups in total. The summed E-state index contributed by atoms with van der Waals surface area (Å²) in [5.41, 5.74) is 1.60. The number of hydrogen-bond donors (Lipinski definition) is 0. The van der Waals surface area contributed by atoms with E-state index >= 15 is 0 Å². The molecular weight excluding hydrogens is 254 g/mol. The molecule has 0 radical (unpaired) electrons. The van der Waals surface area contributed by atoms with Gasteiger partial charge in [-0.15, -0.1) is 0 Å². The lowest BCUT2D eigenvalue weighted by Crippen LogP contribution is -2.37. The molecule has 0 bridgehead atoms. The van der Waals surface area contributed by atoms with Crippen molar-refractivity contribution in [3.63, 3.8) is 0 Å². The minimum absolute atomic E-state index is 0.0150. The van der Waals surface area contributed by atoms with E-state index in [0.29, 0.717) is 12.2 Å². The second-order valence-electron chi connectivity index (χ2n) is 5.68. The third kappa shape index (κ3) is 3.39. The first-order valence-corrected chi connectivity index (χ1v) is 7.55. The lowest BCUT2D eigenvalue weighted by Gasteiger charge is -2.22. The predicted molar refractivity (Wildman–Crippen MR) is 77.9 cm³/mol. The molecule has 1 amide bonds. The van der Waals surface area contributed by atoms with Gasteiger partial charge in [0.25, 0.3) is 5.91 Å². The van der Waals surface area contributed by atoms with Crippen LogP contribution in [0, 0.1) is 0 Å². The number of aryl methyl sites for hydroxylation is 1. The summed E-state index contributed by atoms with van der Waals surface area (Å²) in [6, 6.07) is 0. The van der Waals surface area contributed by atoms with Gasteiger partial charge in [0.15, 0.2) is 5.69 Å². The van der Waals surface area contributed by atoms with Crippen molar-refractivity contribution in [2.75, 3.05) is 33.7 Å². The van der Waals surface area contributed by atoms with Crippen LogP contribution in [0.1, 0.15) is 48.0 Å². The molecule has 0 saturated carbocycles. The number of fused-ring (bicyclic) bond motifs is 1. The van der Waals surface area contributed by atoms with Crippen LogP contribution in [-0.4, -0.2) is 54.6 Å². The Balaban J connectivity index is 2.13. The molecule has 20 heavy (non-hydrogen) atoms. The van der Waals surface area contributed by atoms with Crippen LogP contribution in [0.3, 0.4) is 0 Å². The largest absolute Gasteiger partial charge is 0.360 e. The number of carbonyl (C=O) groups is 1. The van der Waals surface area contributed by atoms with Gasteiger partial charge in [-0.25, -0.2) is 0 Å². The highest BCUT2D eigenvalue weighted by Crippen LogP contribution is 2.24. The second-order valence-corrected chi connectivity index (χ2v) is 5.68. The number of rotatable bonds is 5. The first-order valence-electron chi connectivity index (χ1n) is 7.55. The van der Waals surface area contributed by atoms with E-state index < -0.39 is 0 Å². The molecule has 0 fully saturated rings. The van der Waals surface area contributed by atoms with Gasteiger partial charge in [0, 0.05) is 31.6 Å². The zero-order chi connectivity index (χ0) is 14.5. The summed E-state index contributed by atoms with van der Waals surface area (Å²) in [7, 11) is 4.03. The summed E-state index contributed by atoms with van der Waals surface area (Å²) in [5, 5.41) is 4.06. The Labute approximate surface area is 120 Å². The molecule has 1 aromatic heterocycles. The number of likely N-dealkylation sites (N-methyl/N-ethyl adjacent to an activating group) is 2. The van der Waals surface area contributed by atoms with Crippen LogP contribution in [0.2, 0.25) is 0 Å². The summed E-state index contributed by atoms with van der Waals surface area (Å²) >= 11 is 0. The Morgan fingerprint density at radius 2 is 1.95 bits per heavy atom. The third-order valence-electron chi connectivity index (χ3n) is 3.89. The van der Waals surface area contributed by atoms with Gasteiger partial charge in [-0.3, -0.25) is 4.79 Å². The molecule has 1 aromatic rings. The van der Waals surface area contributed by atoms with Gasteiger partial charge in [0.2, 0.25) is 0 Å². The van der Waals surface area contributed by atoms with Crippen molar-refractivity contribution in [1.82, 2.24) is 15.0 Å². The van der Waals surface area contributed by atoms with E-state index in [2.05, 4.69) is 10.1 Å². The average Bonchev–Trinajstić information content (AvgIpc) is 2.68. The van der Waals surface area contributed by atoms with Crippen LogP contribution in [-0.2, 0) is 12.8 Å². The maximum atomic E-state index is 12.6. The fourth-order valence-electron chi connectivity index (χ4n) is 2.60. The topological polar surface area (TPSA) is 49.6 Å². The molecule has 0 aliphatic heterocycles. The van der Waals surface area contributed by atoms with Gasteiger partial charge in [0.05, 0.1) is 0 Å². The molecule has 1 heterocycles. The van der Waals surface area contributed by atoms with Crippen LogP contribution >= 0.6 is 0 Å². The first kappa shape index (κ1) is 15.0. The van der Waals surface area contributed by atoms with Gasteiger partial charge < -0.3 is 14.3 Å². The van der Waals surface area contributed by atoms with Crippen molar-refractivity contribution >= 4 is 5.91 Å². The monoisotopic (exact) mass is 279 g/mol. The van der Waals surface area contributed by atoms with Crippen molar-refractivity contribution in [1.29, 1.82) is 0 Å². The van der Waals surface area contributed by atoms with Gasteiger partial charge in [-0.05, 0) is 40.3 Å². The number of amides is 1. The van der Waals surface area contributed by atoms with E-state index in [0.717, 1.165) is 50.1 Å². The molecule has 5 heteroatoms. The SMILES string of the molecule is CCN(CCN(C)C)C(=O)c1noc2c1CCCCC2. The van der Waals surface area contributed by atoms with Gasteiger partial charge in [0.1, 0.15) is 5.76 Å². The quantitative estimate of drug-likeness (QED) is 0.773. The summed E-state index contributed by atoms with van der Waals surface area (Å²) in [6.45, 7) is 4.30. The minimum atomic E-state index is 0.0150. The molecule has 0 spiro atoms. The van der Waals surface area contributed by atoms with Crippen molar-refractivity contribution in [2.45, 2.75) is 39.0 Å². The lowest BCUT2D eigenvalue weighted by atomic mass is 10.1. The highest BCUT2D eigenvalue weighted by molar-refractivity contribution is 5.93. The molecular formula is C15H25N3O2. The normalized spacial score (nSPS) is 15.0.